The van der Waals surface area contributed by atoms with Crippen molar-refractivity contribution in [2.45, 2.75) is 18.6 Å². The number of aromatic nitrogens is 1. The molecule has 22 heavy (non-hydrogen) atoms. The van der Waals surface area contributed by atoms with E-state index < -0.39 is 0 Å². The van der Waals surface area contributed by atoms with Gasteiger partial charge in [-0.2, -0.15) is 5.26 Å². The molecule has 1 heterocycles. The number of aryl methyl sites for hydroxylation is 1. The fraction of sp³-hybridized carbons (Fsp3) is 0.235. The Hall–Kier alpha value is -2.16. The minimum atomic E-state index is 0.0195. The molecule has 1 aromatic carbocycles. The van der Waals surface area contributed by atoms with Gasteiger partial charge < -0.3 is 4.74 Å². The highest BCUT2D eigenvalue weighted by Crippen LogP contribution is 2.25. The van der Waals surface area contributed by atoms with Gasteiger partial charge in [0.1, 0.15) is 11.1 Å². The highest BCUT2D eigenvalue weighted by atomic mass is 32.2. The fourth-order valence-corrected chi connectivity index (χ4v) is 3.01. The van der Waals surface area contributed by atoms with Crippen LogP contribution in [0.25, 0.3) is 0 Å². The predicted molar refractivity (Wildman–Crippen MR) is 85.9 cm³/mol. The Kier molecular flexibility index (Phi) is 5.70. The van der Waals surface area contributed by atoms with Gasteiger partial charge in [0, 0.05) is 18.4 Å². The topological polar surface area (TPSA) is 63.0 Å². The first-order chi connectivity index (χ1) is 10.7. The predicted octanol–water partition coefficient (Wildman–Crippen LogP) is 3.38. The van der Waals surface area contributed by atoms with Crippen molar-refractivity contribution in [1.82, 2.24) is 4.98 Å². The first kappa shape index (κ1) is 16.2. The Bertz CT molecular complexity index is 709. The van der Waals surface area contributed by atoms with Crippen LogP contribution in [0.15, 0.2) is 41.4 Å². The molecule has 0 saturated heterocycles. The fourth-order valence-electron chi connectivity index (χ4n) is 2.04. The second-order valence-electron chi connectivity index (χ2n) is 4.73. The van der Waals surface area contributed by atoms with E-state index in [4.69, 9.17) is 4.74 Å². The molecule has 2 rings (SSSR count). The highest BCUT2D eigenvalue weighted by Gasteiger charge is 2.14. The lowest BCUT2D eigenvalue weighted by atomic mass is 10.1. The molecule has 0 bridgehead atoms. The van der Waals surface area contributed by atoms with Crippen LogP contribution >= 0.6 is 11.8 Å². The molecule has 0 saturated carbocycles. The summed E-state index contributed by atoms with van der Waals surface area (Å²) in [6.07, 6.45) is 0. The Balaban J connectivity index is 2.19. The molecule has 0 spiro atoms. The summed E-state index contributed by atoms with van der Waals surface area (Å²) in [6, 6.07) is 13.1. The first-order valence-electron chi connectivity index (χ1n) is 6.76. The summed E-state index contributed by atoms with van der Waals surface area (Å²) in [5.41, 5.74) is 2.75. The van der Waals surface area contributed by atoms with Gasteiger partial charge in [-0.05, 0) is 18.6 Å². The van der Waals surface area contributed by atoms with E-state index in [-0.39, 0.29) is 11.5 Å². The van der Waals surface area contributed by atoms with Crippen molar-refractivity contribution >= 4 is 17.5 Å². The van der Waals surface area contributed by atoms with Gasteiger partial charge in [-0.1, -0.05) is 42.1 Å². The van der Waals surface area contributed by atoms with Crippen LogP contribution in [0, 0.1) is 18.3 Å². The summed E-state index contributed by atoms with van der Waals surface area (Å²) in [5.74, 6) is 0.271. The molecule has 2 aromatic rings. The Labute approximate surface area is 134 Å². The summed E-state index contributed by atoms with van der Waals surface area (Å²) in [5, 5.41) is 9.94. The molecule has 1 aromatic heterocycles. The third-order valence-corrected chi connectivity index (χ3v) is 4.02. The molecule has 0 radical (unpaired) electrons. The number of methoxy groups -OCH3 is 1. The van der Waals surface area contributed by atoms with Crippen molar-refractivity contribution < 1.29 is 9.53 Å². The van der Waals surface area contributed by atoms with Gasteiger partial charge >= 0.3 is 0 Å². The number of carbonyl (C=O) groups excluding carboxylic acids is 1. The smallest absolute Gasteiger partial charge is 0.173 e. The molecule has 0 N–H and O–H groups in total. The second kappa shape index (κ2) is 7.74. The van der Waals surface area contributed by atoms with Crippen LogP contribution in [0.1, 0.15) is 27.2 Å². The molecule has 0 aliphatic rings. The van der Waals surface area contributed by atoms with E-state index in [1.807, 2.05) is 31.2 Å². The van der Waals surface area contributed by atoms with Gasteiger partial charge in [0.05, 0.1) is 17.9 Å². The molecule has 0 atom stereocenters. The third-order valence-electron chi connectivity index (χ3n) is 3.04. The molecular weight excluding hydrogens is 296 g/mol. The number of rotatable bonds is 6. The van der Waals surface area contributed by atoms with Gasteiger partial charge in [-0.3, -0.25) is 4.79 Å². The van der Waals surface area contributed by atoms with Crippen molar-refractivity contribution in [2.75, 3.05) is 12.9 Å². The largest absolute Gasteiger partial charge is 0.380 e. The maximum absolute atomic E-state index is 12.2. The van der Waals surface area contributed by atoms with Crippen LogP contribution in [0.5, 0.6) is 0 Å². The van der Waals surface area contributed by atoms with Crippen molar-refractivity contribution in [3.63, 3.8) is 0 Å². The molecule has 0 aliphatic heterocycles. The van der Waals surface area contributed by atoms with E-state index in [9.17, 15) is 10.1 Å². The molecule has 5 heteroatoms. The molecule has 0 fully saturated rings. The lowest BCUT2D eigenvalue weighted by Crippen LogP contribution is -2.04. The average molecular weight is 312 g/mol. The highest BCUT2D eigenvalue weighted by molar-refractivity contribution is 8.00. The summed E-state index contributed by atoms with van der Waals surface area (Å²) < 4.78 is 5.12. The number of pyridine rings is 1. The van der Waals surface area contributed by atoms with E-state index in [2.05, 4.69) is 11.1 Å². The van der Waals surface area contributed by atoms with Crippen LogP contribution in [0.2, 0.25) is 0 Å². The summed E-state index contributed by atoms with van der Waals surface area (Å²) in [4.78, 5) is 16.5. The Morgan fingerprint density at radius 2 is 2.09 bits per heavy atom. The number of nitriles is 1. The zero-order valence-corrected chi connectivity index (χ0v) is 13.3. The van der Waals surface area contributed by atoms with Gasteiger partial charge in [0.15, 0.2) is 5.78 Å². The molecule has 0 amide bonds. The minimum Gasteiger partial charge on any atom is -0.380 e. The quantitative estimate of drug-likeness (QED) is 0.604. The molecule has 4 nitrogen and oxygen atoms in total. The van der Waals surface area contributed by atoms with E-state index in [0.717, 1.165) is 11.3 Å². The van der Waals surface area contributed by atoms with Crippen LogP contribution in [0.3, 0.4) is 0 Å². The van der Waals surface area contributed by atoms with Gasteiger partial charge in [-0.15, -0.1) is 0 Å². The lowest BCUT2D eigenvalue weighted by molar-refractivity contribution is 0.102. The number of ketones is 1. The number of benzene rings is 1. The van der Waals surface area contributed by atoms with Crippen LogP contribution in [0.4, 0.5) is 0 Å². The summed E-state index contributed by atoms with van der Waals surface area (Å²) in [7, 11) is 1.59. The number of carbonyl (C=O) groups is 1. The third kappa shape index (κ3) is 3.94. The van der Waals surface area contributed by atoms with Crippen molar-refractivity contribution in [2.24, 2.45) is 0 Å². The summed E-state index contributed by atoms with van der Waals surface area (Å²) in [6.45, 7) is 2.22. The maximum Gasteiger partial charge on any atom is 0.173 e. The number of hydrogen-bond acceptors (Lipinski definition) is 5. The van der Waals surface area contributed by atoms with Gasteiger partial charge in [0.2, 0.25) is 0 Å². The normalized spacial score (nSPS) is 10.2. The Morgan fingerprint density at radius 3 is 2.73 bits per heavy atom. The molecular formula is C17H16N2O2S. The maximum atomic E-state index is 12.2. The first-order valence-corrected chi connectivity index (χ1v) is 7.75. The number of hydrogen-bond donors (Lipinski definition) is 0. The second-order valence-corrected chi connectivity index (χ2v) is 5.69. The lowest BCUT2D eigenvalue weighted by Gasteiger charge is -2.09. The molecule has 112 valence electrons. The van der Waals surface area contributed by atoms with Crippen LogP contribution in [-0.2, 0) is 11.3 Å². The van der Waals surface area contributed by atoms with Crippen molar-refractivity contribution in [3.05, 3.63) is 58.8 Å². The van der Waals surface area contributed by atoms with Crippen LogP contribution < -0.4 is 0 Å². The number of nitrogens with zero attached hydrogens (tertiary/aromatic N) is 2. The molecule has 0 unspecified atom stereocenters. The standard InChI is InChI=1S/C17H16N2O2S/c1-12-8-14(10-21-2)15(9-18)17(19-12)22-11-16(20)13-6-4-3-5-7-13/h3-8H,10-11H2,1-2H3. The van der Waals surface area contributed by atoms with Crippen molar-refractivity contribution in [1.29, 1.82) is 5.26 Å². The number of Topliss-reactive ketones (excluding diaryl/α,β-unsaturated/α-hetero) is 1. The zero-order chi connectivity index (χ0) is 15.9. The SMILES string of the molecule is COCc1cc(C)nc(SCC(=O)c2ccccc2)c1C#N. The van der Waals surface area contributed by atoms with Crippen molar-refractivity contribution in [3.8, 4) is 6.07 Å². The average Bonchev–Trinajstić information content (AvgIpc) is 2.53. The zero-order valence-electron chi connectivity index (χ0n) is 12.5. The van der Waals surface area contributed by atoms with E-state index in [1.54, 1.807) is 19.2 Å². The number of ether oxygens (including phenoxy) is 1. The summed E-state index contributed by atoms with van der Waals surface area (Å²) >= 11 is 1.29. The van der Waals surface area contributed by atoms with Crippen LogP contribution in [-0.4, -0.2) is 23.6 Å². The monoisotopic (exact) mass is 312 g/mol. The van der Waals surface area contributed by atoms with E-state index >= 15 is 0 Å². The molecule has 0 aliphatic carbocycles. The van der Waals surface area contributed by atoms with Gasteiger partial charge in [-0.25, -0.2) is 4.98 Å². The van der Waals surface area contributed by atoms with E-state index in [1.165, 1.54) is 11.8 Å². The minimum absolute atomic E-state index is 0.0195. The van der Waals surface area contributed by atoms with Gasteiger partial charge in [0.25, 0.3) is 0 Å². The Morgan fingerprint density at radius 1 is 1.36 bits per heavy atom. The number of thioether (sulfide) groups is 1. The van der Waals surface area contributed by atoms with E-state index in [0.29, 0.717) is 22.8 Å².